The number of hydrogen-bond acceptors (Lipinski definition) is 3. The Hall–Kier alpha value is -2.83. The third kappa shape index (κ3) is 5.32. The summed E-state index contributed by atoms with van der Waals surface area (Å²) in [6.07, 6.45) is 6.40. The van der Waals surface area contributed by atoms with Gasteiger partial charge in [-0.15, -0.1) is 0 Å². The van der Waals surface area contributed by atoms with Crippen LogP contribution in [0.15, 0.2) is 47.7 Å². The van der Waals surface area contributed by atoms with Crippen molar-refractivity contribution in [2.75, 3.05) is 19.6 Å². The fraction of sp³-hybridized carbons (Fsp3) is 0.450. The van der Waals surface area contributed by atoms with Crippen molar-refractivity contribution in [3.05, 3.63) is 48.3 Å². The summed E-state index contributed by atoms with van der Waals surface area (Å²) >= 11 is 0. The van der Waals surface area contributed by atoms with Crippen LogP contribution >= 0.6 is 0 Å². The minimum absolute atomic E-state index is 0.225. The number of carbonyl (C=O) groups is 1. The Bertz CT molecular complexity index is 770. The van der Waals surface area contributed by atoms with E-state index in [0.29, 0.717) is 18.9 Å². The maximum absolute atomic E-state index is 11.2. The van der Waals surface area contributed by atoms with Gasteiger partial charge >= 0.3 is 0 Å². The van der Waals surface area contributed by atoms with Crippen molar-refractivity contribution in [3.63, 3.8) is 0 Å². The van der Waals surface area contributed by atoms with Gasteiger partial charge in [-0.25, -0.2) is 9.67 Å². The molecule has 1 saturated heterocycles. The number of hydrogen-bond donors (Lipinski definition) is 2. The van der Waals surface area contributed by atoms with E-state index in [9.17, 15) is 4.79 Å². The monoisotopic (exact) mass is 368 g/mol. The van der Waals surface area contributed by atoms with Crippen LogP contribution in [-0.2, 0) is 11.3 Å². The number of piperidine rings is 1. The van der Waals surface area contributed by atoms with Gasteiger partial charge in [-0.2, -0.15) is 5.10 Å². The van der Waals surface area contributed by atoms with Gasteiger partial charge in [0.1, 0.15) is 0 Å². The van der Waals surface area contributed by atoms with E-state index in [1.807, 2.05) is 47.4 Å². The molecule has 2 heterocycles. The van der Waals surface area contributed by atoms with Gasteiger partial charge in [-0.3, -0.25) is 4.79 Å². The molecule has 1 fully saturated rings. The molecule has 7 nitrogen and oxygen atoms in total. The molecule has 1 unspecified atom stereocenters. The van der Waals surface area contributed by atoms with Gasteiger partial charge in [0.2, 0.25) is 5.91 Å². The van der Waals surface area contributed by atoms with Crippen molar-refractivity contribution >= 4 is 11.9 Å². The van der Waals surface area contributed by atoms with Gasteiger partial charge in [0.15, 0.2) is 5.96 Å². The van der Waals surface area contributed by atoms with Gasteiger partial charge in [-0.1, -0.05) is 18.2 Å². The molecule has 1 aliphatic rings. The van der Waals surface area contributed by atoms with Gasteiger partial charge in [-0.05, 0) is 37.8 Å². The smallest absolute Gasteiger partial charge is 0.217 e. The molecule has 7 heteroatoms. The van der Waals surface area contributed by atoms with E-state index in [2.05, 4.69) is 22.2 Å². The van der Waals surface area contributed by atoms with Crippen molar-refractivity contribution < 1.29 is 4.79 Å². The summed E-state index contributed by atoms with van der Waals surface area (Å²) in [5, 5.41) is 7.80. The highest BCUT2D eigenvalue weighted by atomic mass is 16.1. The number of carbonyl (C=O) groups excluding carboxylic acids is 1. The number of nitrogens with one attached hydrogen (secondary N) is 1. The molecule has 1 aromatic heterocycles. The molecule has 1 aromatic carbocycles. The molecule has 1 aliphatic heterocycles. The number of benzene rings is 1. The molecule has 1 atom stereocenters. The van der Waals surface area contributed by atoms with Crippen LogP contribution < -0.4 is 11.1 Å². The van der Waals surface area contributed by atoms with E-state index in [-0.39, 0.29) is 5.91 Å². The number of rotatable bonds is 6. The molecule has 2 aromatic rings. The lowest BCUT2D eigenvalue weighted by molar-refractivity contribution is -0.119. The largest absolute Gasteiger partial charge is 0.370 e. The number of para-hydroxylation sites is 1. The molecule has 1 amide bonds. The average molecular weight is 368 g/mol. The SMILES string of the molecule is CCNC(=NCc1cnn(-c2ccccc2)c1)N1CCCC(CC(N)=O)C1. The minimum atomic E-state index is -0.225. The zero-order valence-electron chi connectivity index (χ0n) is 15.8. The molecular formula is C20H28N6O. The molecule has 27 heavy (non-hydrogen) atoms. The normalized spacial score (nSPS) is 17.7. The zero-order valence-corrected chi connectivity index (χ0v) is 15.8. The van der Waals surface area contributed by atoms with Crippen LogP contribution in [0.2, 0.25) is 0 Å². The molecule has 0 aliphatic carbocycles. The van der Waals surface area contributed by atoms with Gasteiger partial charge in [0, 0.05) is 37.8 Å². The van der Waals surface area contributed by atoms with E-state index < -0.39 is 0 Å². The van der Waals surface area contributed by atoms with Crippen LogP contribution in [0.5, 0.6) is 0 Å². The molecule has 0 radical (unpaired) electrons. The van der Waals surface area contributed by atoms with Crippen LogP contribution in [-0.4, -0.2) is 46.2 Å². The van der Waals surface area contributed by atoms with E-state index in [0.717, 1.165) is 49.7 Å². The summed E-state index contributed by atoms with van der Waals surface area (Å²) in [6.45, 7) is 5.20. The van der Waals surface area contributed by atoms with E-state index in [1.165, 1.54) is 0 Å². The lowest BCUT2D eigenvalue weighted by Gasteiger charge is -2.34. The second kappa shape index (κ2) is 9.21. The first-order valence-corrected chi connectivity index (χ1v) is 9.56. The number of aromatic nitrogens is 2. The molecule has 0 saturated carbocycles. The highest BCUT2D eigenvalue weighted by Gasteiger charge is 2.23. The number of nitrogens with zero attached hydrogens (tertiary/aromatic N) is 4. The number of nitrogens with two attached hydrogens (primary N) is 1. The lowest BCUT2D eigenvalue weighted by Crippen LogP contribution is -2.47. The Morgan fingerprint density at radius 3 is 2.93 bits per heavy atom. The van der Waals surface area contributed by atoms with Crippen LogP contribution in [0.4, 0.5) is 0 Å². The summed E-state index contributed by atoms with van der Waals surface area (Å²) in [6, 6.07) is 10.0. The number of likely N-dealkylation sites (tertiary alicyclic amines) is 1. The topological polar surface area (TPSA) is 88.5 Å². The molecule has 0 bridgehead atoms. The quantitative estimate of drug-likeness (QED) is 0.602. The zero-order chi connectivity index (χ0) is 19.1. The second-order valence-electron chi connectivity index (χ2n) is 6.92. The van der Waals surface area contributed by atoms with E-state index >= 15 is 0 Å². The summed E-state index contributed by atoms with van der Waals surface area (Å²) in [4.78, 5) is 18.3. The number of amides is 1. The Morgan fingerprint density at radius 1 is 1.37 bits per heavy atom. The number of primary amides is 1. The first-order chi connectivity index (χ1) is 13.2. The maximum Gasteiger partial charge on any atom is 0.217 e. The Morgan fingerprint density at radius 2 is 2.19 bits per heavy atom. The number of aliphatic imine (C=N–C) groups is 1. The van der Waals surface area contributed by atoms with Crippen LogP contribution in [0.3, 0.4) is 0 Å². The summed E-state index contributed by atoms with van der Waals surface area (Å²) < 4.78 is 1.86. The maximum atomic E-state index is 11.2. The predicted octanol–water partition coefficient (Wildman–Crippen LogP) is 1.93. The standard InChI is InChI=1S/C20H28N6O/c1-2-22-20(25-10-6-7-16(14-25)11-19(21)27)23-12-17-13-24-26(15-17)18-8-4-3-5-9-18/h3-5,8-9,13,15-16H,2,6-7,10-12,14H2,1H3,(H2,21,27)(H,22,23). The average Bonchev–Trinajstić information content (AvgIpc) is 3.14. The number of guanidine groups is 1. The Kier molecular flexibility index (Phi) is 6.46. The molecule has 0 spiro atoms. The molecule has 3 rings (SSSR count). The first-order valence-electron chi connectivity index (χ1n) is 9.56. The molecule has 3 N–H and O–H groups in total. The van der Waals surface area contributed by atoms with Gasteiger partial charge in [0.25, 0.3) is 0 Å². The summed E-state index contributed by atoms with van der Waals surface area (Å²) in [7, 11) is 0. The third-order valence-electron chi connectivity index (χ3n) is 4.71. The van der Waals surface area contributed by atoms with Crippen molar-refractivity contribution in [1.29, 1.82) is 0 Å². The predicted molar refractivity (Wildman–Crippen MR) is 106 cm³/mol. The molecule has 144 valence electrons. The van der Waals surface area contributed by atoms with E-state index in [4.69, 9.17) is 10.7 Å². The third-order valence-corrected chi connectivity index (χ3v) is 4.71. The Labute approximate surface area is 160 Å². The lowest BCUT2D eigenvalue weighted by atomic mass is 9.95. The fourth-order valence-corrected chi connectivity index (χ4v) is 3.46. The summed E-state index contributed by atoms with van der Waals surface area (Å²) in [5.41, 5.74) is 7.46. The van der Waals surface area contributed by atoms with Crippen LogP contribution in [0.25, 0.3) is 5.69 Å². The Balaban J connectivity index is 1.67. The molecular weight excluding hydrogens is 340 g/mol. The van der Waals surface area contributed by atoms with E-state index in [1.54, 1.807) is 0 Å². The van der Waals surface area contributed by atoms with Crippen molar-refractivity contribution in [3.8, 4) is 5.69 Å². The van der Waals surface area contributed by atoms with Crippen LogP contribution in [0, 0.1) is 5.92 Å². The fourth-order valence-electron chi connectivity index (χ4n) is 3.46. The highest BCUT2D eigenvalue weighted by molar-refractivity contribution is 5.80. The van der Waals surface area contributed by atoms with Gasteiger partial charge < -0.3 is 16.0 Å². The van der Waals surface area contributed by atoms with Crippen molar-refractivity contribution in [2.45, 2.75) is 32.7 Å². The minimum Gasteiger partial charge on any atom is -0.370 e. The van der Waals surface area contributed by atoms with Crippen molar-refractivity contribution in [2.24, 2.45) is 16.6 Å². The van der Waals surface area contributed by atoms with Gasteiger partial charge in [0.05, 0.1) is 18.4 Å². The highest BCUT2D eigenvalue weighted by Crippen LogP contribution is 2.19. The second-order valence-corrected chi connectivity index (χ2v) is 6.92. The first kappa shape index (κ1) is 18.9. The van der Waals surface area contributed by atoms with Crippen LogP contribution in [0.1, 0.15) is 31.7 Å². The summed E-state index contributed by atoms with van der Waals surface area (Å²) in [5.74, 6) is 0.970. The van der Waals surface area contributed by atoms with Crippen molar-refractivity contribution in [1.82, 2.24) is 20.0 Å².